The Bertz CT molecular complexity index is 1540. The summed E-state index contributed by atoms with van der Waals surface area (Å²) in [4.78, 5) is 12.4. The molecule has 200 valence electrons. The molecule has 4 rings (SSSR count). The second kappa shape index (κ2) is 11.8. The third-order valence-corrected chi connectivity index (χ3v) is 7.13. The zero-order chi connectivity index (χ0) is 27.3. The minimum Gasteiger partial charge on any atom is -0.489 e. The number of aromatic nitrogens is 1. The molecule has 1 atom stereocenters. The predicted molar refractivity (Wildman–Crippen MR) is 147 cm³/mol. The number of hydrogen-bond acceptors (Lipinski definition) is 7. The fraction of sp³-hybridized carbons (Fsp3) is 0.276. The van der Waals surface area contributed by atoms with Gasteiger partial charge in [0.2, 0.25) is 10.0 Å². The molecule has 4 aromatic rings. The van der Waals surface area contributed by atoms with Crippen molar-refractivity contribution in [2.45, 2.75) is 32.6 Å². The van der Waals surface area contributed by atoms with Crippen LogP contribution >= 0.6 is 0 Å². The smallest absolute Gasteiger partial charge is 0.310 e. The van der Waals surface area contributed by atoms with Crippen molar-refractivity contribution in [2.75, 3.05) is 20.0 Å². The van der Waals surface area contributed by atoms with Crippen molar-refractivity contribution in [1.29, 1.82) is 0 Å². The molecule has 0 fully saturated rings. The number of nitrogens with two attached hydrogens (primary N) is 1. The van der Waals surface area contributed by atoms with Crippen LogP contribution in [0.5, 0.6) is 5.75 Å². The number of ether oxygens (including phenoxy) is 3. The molecular weight excluding hydrogens is 504 g/mol. The standard InChI is InChI=1S/C29H32N2O6S/c1-20(18-35-2)37-29(32)16-24-8-4-5-10-28(24)36-19-22-14-26(23-9-6-7-21(13-23)17-30)25-11-12-31(27(25)15-22)38(3,33)34/h4-15,20H,16-19,30H2,1-3H3. The Hall–Kier alpha value is -3.66. The summed E-state index contributed by atoms with van der Waals surface area (Å²) in [6, 6.07) is 20.8. The van der Waals surface area contributed by atoms with E-state index in [1.807, 2.05) is 54.6 Å². The summed E-state index contributed by atoms with van der Waals surface area (Å²) in [7, 11) is -1.97. The first-order valence-corrected chi connectivity index (χ1v) is 14.1. The van der Waals surface area contributed by atoms with Gasteiger partial charge in [-0.2, -0.15) is 0 Å². The molecule has 9 heteroatoms. The lowest BCUT2D eigenvalue weighted by Crippen LogP contribution is -2.21. The van der Waals surface area contributed by atoms with Crippen LogP contribution in [0, 0.1) is 0 Å². The lowest BCUT2D eigenvalue weighted by Gasteiger charge is -2.15. The SMILES string of the molecule is COCC(C)OC(=O)Cc1ccccc1OCc1cc(-c2cccc(CN)c2)c2ccn(S(C)(=O)=O)c2c1. The van der Waals surface area contributed by atoms with Crippen molar-refractivity contribution in [3.05, 3.63) is 89.6 Å². The Morgan fingerprint density at radius 3 is 2.55 bits per heavy atom. The van der Waals surface area contributed by atoms with Gasteiger partial charge in [-0.25, -0.2) is 12.4 Å². The number of esters is 1. The van der Waals surface area contributed by atoms with E-state index >= 15 is 0 Å². The molecule has 2 N–H and O–H groups in total. The first-order valence-electron chi connectivity index (χ1n) is 12.2. The minimum atomic E-state index is -3.52. The molecule has 38 heavy (non-hydrogen) atoms. The molecule has 3 aromatic carbocycles. The summed E-state index contributed by atoms with van der Waals surface area (Å²) in [5, 5.41) is 0.807. The van der Waals surface area contributed by atoms with E-state index < -0.39 is 10.0 Å². The molecule has 0 radical (unpaired) electrons. The second-order valence-electron chi connectivity index (χ2n) is 9.18. The van der Waals surface area contributed by atoms with E-state index in [1.54, 1.807) is 32.4 Å². The van der Waals surface area contributed by atoms with Gasteiger partial charge in [0.05, 0.1) is 24.8 Å². The van der Waals surface area contributed by atoms with Crippen molar-refractivity contribution in [3.63, 3.8) is 0 Å². The van der Waals surface area contributed by atoms with Gasteiger partial charge < -0.3 is 19.9 Å². The first kappa shape index (κ1) is 27.4. The molecule has 0 aliphatic rings. The number of benzene rings is 3. The molecule has 0 bridgehead atoms. The van der Waals surface area contributed by atoms with Crippen LogP contribution in [0.25, 0.3) is 22.0 Å². The molecule has 8 nitrogen and oxygen atoms in total. The zero-order valence-electron chi connectivity index (χ0n) is 21.7. The van der Waals surface area contributed by atoms with E-state index in [0.717, 1.165) is 27.6 Å². The van der Waals surface area contributed by atoms with Crippen molar-refractivity contribution in [2.24, 2.45) is 5.73 Å². The highest BCUT2D eigenvalue weighted by atomic mass is 32.2. The monoisotopic (exact) mass is 536 g/mol. The van der Waals surface area contributed by atoms with Crippen molar-refractivity contribution < 1.29 is 27.4 Å². The van der Waals surface area contributed by atoms with Gasteiger partial charge in [0, 0.05) is 30.8 Å². The number of para-hydroxylation sites is 1. The summed E-state index contributed by atoms with van der Waals surface area (Å²) < 4.78 is 42.8. The van der Waals surface area contributed by atoms with Gasteiger partial charge in [-0.05, 0) is 59.5 Å². The number of fused-ring (bicyclic) bond motifs is 1. The molecule has 0 saturated heterocycles. The molecular formula is C29H32N2O6S. The van der Waals surface area contributed by atoms with E-state index in [4.69, 9.17) is 19.9 Å². The third kappa shape index (κ3) is 6.42. The largest absolute Gasteiger partial charge is 0.489 e. The normalized spacial score (nSPS) is 12.4. The molecule has 0 spiro atoms. The molecule has 0 aliphatic carbocycles. The Morgan fingerprint density at radius 1 is 1.03 bits per heavy atom. The Kier molecular flexibility index (Phi) is 8.51. The highest BCUT2D eigenvalue weighted by Gasteiger charge is 2.17. The van der Waals surface area contributed by atoms with Crippen LogP contribution in [0.1, 0.15) is 23.6 Å². The van der Waals surface area contributed by atoms with Gasteiger partial charge in [0.15, 0.2) is 0 Å². The molecule has 0 aliphatic heterocycles. The molecule has 0 saturated carbocycles. The lowest BCUT2D eigenvalue weighted by atomic mass is 9.97. The molecule has 1 heterocycles. The second-order valence-corrected chi connectivity index (χ2v) is 11.0. The zero-order valence-corrected chi connectivity index (χ0v) is 22.5. The fourth-order valence-electron chi connectivity index (χ4n) is 4.40. The Morgan fingerprint density at radius 2 is 1.82 bits per heavy atom. The van der Waals surface area contributed by atoms with Crippen molar-refractivity contribution >= 4 is 26.9 Å². The average Bonchev–Trinajstić information content (AvgIpc) is 3.32. The maximum atomic E-state index is 12.5. The summed E-state index contributed by atoms with van der Waals surface area (Å²) in [5.41, 5.74) is 10.7. The van der Waals surface area contributed by atoms with Crippen LogP contribution in [0.15, 0.2) is 72.9 Å². The van der Waals surface area contributed by atoms with E-state index in [9.17, 15) is 13.2 Å². The number of carbonyl (C=O) groups excluding carboxylic acids is 1. The van der Waals surface area contributed by atoms with Crippen LogP contribution in [0.3, 0.4) is 0 Å². The number of rotatable bonds is 11. The molecule has 1 unspecified atom stereocenters. The predicted octanol–water partition coefficient (Wildman–Crippen LogP) is 4.27. The quantitative estimate of drug-likeness (QED) is 0.285. The number of hydrogen-bond donors (Lipinski definition) is 1. The van der Waals surface area contributed by atoms with E-state index in [-0.39, 0.29) is 25.1 Å². The Balaban J connectivity index is 1.66. The van der Waals surface area contributed by atoms with Crippen LogP contribution in [0.2, 0.25) is 0 Å². The number of carbonyl (C=O) groups is 1. The Labute approximate surface area is 223 Å². The minimum absolute atomic E-state index is 0.0529. The summed E-state index contributed by atoms with van der Waals surface area (Å²) in [5.74, 6) is 0.175. The van der Waals surface area contributed by atoms with Crippen LogP contribution in [-0.4, -0.2) is 44.4 Å². The molecule has 1 aromatic heterocycles. The van der Waals surface area contributed by atoms with Crippen molar-refractivity contribution in [1.82, 2.24) is 3.97 Å². The number of methoxy groups -OCH3 is 1. The summed E-state index contributed by atoms with van der Waals surface area (Å²) >= 11 is 0. The van der Waals surface area contributed by atoms with Gasteiger partial charge in [-0.1, -0.05) is 36.4 Å². The summed E-state index contributed by atoms with van der Waals surface area (Å²) in [6.45, 7) is 2.65. The van der Waals surface area contributed by atoms with Crippen molar-refractivity contribution in [3.8, 4) is 16.9 Å². The van der Waals surface area contributed by atoms with E-state index in [2.05, 4.69) is 0 Å². The van der Waals surface area contributed by atoms with Gasteiger partial charge in [-0.15, -0.1) is 0 Å². The van der Waals surface area contributed by atoms with E-state index in [0.29, 0.717) is 30.0 Å². The van der Waals surface area contributed by atoms with E-state index in [1.165, 1.54) is 10.2 Å². The van der Waals surface area contributed by atoms with Crippen LogP contribution in [-0.2, 0) is 43.9 Å². The van der Waals surface area contributed by atoms with Gasteiger partial charge in [0.1, 0.15) is 18.5 Å². The highest BCUT2D eigenvalue weighted by molar-refractivity contribution is 7.89. The molecule has 0 amide bonds. The van der Waals surface area contributed by atoms with Crippen LogP contribution in [0.4, 0.5) is 0 Å². The maximum Gasteiger partial charge on any atom is 0.310 e. The van der Waals surface area contributed by atoms with Gasteiger partial charge in [-0.3, -0.25) is 4.79 Å². The number of nitrogens with zero attached hydrogens (tertiary/aromatic N) is 1. The fourth-order valence-corrected chi connectivity index (χ4v) is 5.19. The highest BCUT2D eigenvalue weighted by Crippen LogP contribution is 2.33. The van der Waals surface area contributed by atoms with Gasteiger partial charge in [0.25, 0.3) is 0 Å². The average molecular weight is 537 g/mol. The lowest BCUT2D eigenvalue weighted by molar-refractivity contribution is -0.149. The summed E-state index contributed by atoms with van der Waals surface area (Å²) in [6.07, 6.45) is 2.44. The first-order chi connectivity index (χ1) is 18.2. The maximum absolute atomic E-state index is 12.5. The topological polar surface area (TPSA) is 110 Å². The third-order valence-electron chi connectivity index (χ3n) is 6.10. The van der Waals surface area contributed by atoms with Crippen LogP contribution < -0.4 is 10.5 Å². The van der Waals surface area contributed by atoms with Gasteiger partial charge >= 0.3 is 5.97 Å².